The molecule has 10 heteroatoms. The molecule has 0 aliphatic rings. The first-order chi connectivity index (χ1) is 10.8. The minimum atomic E-state index is -3.78. The molecule has 2 heterocycles. The third-order valence-corrected chi connectivity index (χ3v) is 5.90. The molecule has 1 aromatic carbocycles. The maximum Gasteiger partial charge on any atom is 0.328 e. The van der Waals surface area contributed by atoms with Crippen LogP contribution in [0.1, 0.15) is 5.69 Å². The van der Waals surface area contributed by atoms with Gasteiger partial charge in [0.2, 0.25) is 10.0 Å². The quantitative estimate of drug-likeness (QED) is 0.706. The Kier molecular flexibility index (Phi) is 3.90. The number of aryl methyl sites for hydroxylation is 2. The average molecular weight is 401 g/mol. The zero-order valence-corrected chi connectivity index (χ0v) is 14.7. The second kappa shape index (κ2) is 5.62. The molecule has 3 rings (SSSR count). The lowest BCUT2D eigenvalue weighted by Crippen LogP contribution is -2.23. The molecule has 0 saturated heterocycles. The van der Waals surface area contributed by atoms with E-state index in [4.69, 9.17) is 4.42 Å². The van der Waals surface area contributed by atoms with E-state index in [0.717, 1.165) is 0 Å². The van der Waals surface area contributed by atoms with E-state index in [1.54, 1.807) is 20.2 Å². The number of fused-ring (bicyclic) bond motifs is 1. The van der Waals surface area contributed by atoms with E-state index in [-0.39, 0.29) is 17.1 Å². The Balaban J connectivity index is 2.06. The summed E-state index contributed by atoms with van der Waals surface area (Å²) >= 11 is 3.26. The summed E-state index contributed by atoms with van der Waals surface area (Å²) < 4.78 is 35.5. The number of benzene rings is 1. The number of rotatable bonds is 4. The molecule has 0 spiro atoms. The molecule has 0 aliphatic carbocycles. The number of imidazole rings is 1. The standard InChI is InChI=1S/C13H13BrN4O4S/c1-17-10-3-9(14)12(4-11(10)18(2)13(17)19)23(20,21)16-5-8-6-22-7-15-8/h3-4,6-7,16H,5H2,1-2H3. The fourth-order valence-corrected chi connectivity index (χ4v) is 4.32. The van der Waals surface area contributed by atoms with Crippen LogP contribution in [0.5, 0.6) is 0 Å². The fourth-order valence-electron chi connectivity index (χ4n) is 2.28. The van der Waals surface area contributed by atoms with Crippen LogP contribution in [0.2, 0.25) is 0 Å². The molecule has 8 nitrogen and oxygen atoms in total. The number of sulfonamides is 1. The van der Waals surface area contributed by atoms with Crippen LogP contribution >= 0.6 is 15.9 Å². The maximum absolute atomic E-state index is 12.5. The lowest BCUT2D eigenvalue weighted by Gasteiger charge is -2.08. The topological polar surface area (TPSA) is 99.1 Å². The summed E-state index contributed by atoms with van der Waals surface area (Å²) in [4.78, 5) is 15.9. The van der Waals surface area contributed by atoms with Crippen molar-refractivity contribution in [3.05, 3.63) is 45.4 Å². The number of nitrogens with one attached hydrogen (secondary N) is 1. The largest absolute Gasteiger partial charge is 0.451 e. The van der Waals surface area contributed by atoms with Crippen molar-refractivity contribution in [3.63, 3.8) is 0 Å². The highest BCUT2D eigenvalue weighted by atomic mass is 79.9. The minimum Gasteiger partial charge on any atom is -0.451 e. The zero-order chi connectivity index (χ0) is 16.8. The molecule has 0 atom stereocenters. The van der Waals surface area contributed by atoms with Gasteiger partial charge in [-0.25, -0.2) is 22.9 Å². The average Bonchev–Trinajstić information content (AvgIpc) is 3.09. The van der Waals surface area contributed by atoms with Gasteiger partial charge in [0.05, 0.1) is 28.2 Å². The molecule has 23 heavy (non-hydrogen) atoms. The van der Waals surface area contributed by atoms with Crippen molar-refractivity contribution >= 4 is 37.0 Å². The first kappa shape index (κ1) is 16.0. The van der Waals surface area contributed by atoms with Gasteiger partial charge in [-0.2, -0.15) is 0 Å². The summed E-state index contributed by atoms with van der Waals surface area (Å²) in [6.07, 6.45) is 2.59. The SMILES string of the molecule is Cn1c(=O)n(C)c2cc(S(=O)(=O)NCc3cocn3)c(Br)cc21. The molecule has 2 aromatic heterocycles. The van der Waals surface area contributed by atoms with Crippen LogP contribution < -0.4 is 10.4 Å². The molecule has 0 amide bonds. The van der Waals surface area contributed by atoms with E-state index < -0.39 is 10.0 Å². The number of aromatic nitrogens is 3. The fraction of sp³-hybridized carbons (Fsp3) is 0.231. The third-order valence-electron chi connectivity index (χ3n) is 3.54. The van der Waals surface area contributed by atoms with Gasteiger partial charge < -0.3 is 4.42 Å². The Morgan fingerprint density at radius 2 is 1.91 bits per heavy atom. The highest BCUT2D eigenvalue weighted by molar-refractivity contribution is 9.10. The maximum atomic E-state index is 12.5. The van der Waals surface area contributed by atoms with Crippen LogP contribution in [0.3, 0.4) is 0 Å². The van der Waals surface area contributed by atoms with Crippen LogP contribution in [-0.4, -0.2) is 22.5 Å². The third kappa shape index (κ3) is 2.73. The Bertz CT molecular complexity index is 1030. The van der Waals surface area contributed by atoms with Crippen LogP contribution in [0.25, 0.3) is 11.0 Å². The van der Waals surface area contributed by atoms with Gasteiger partial charge in [-0.05, 0) is 28.1 Å². The Morgan fingerprint density at radius 3 is 2.52 bits per heavy atom. The van der Waals surface area contributed by atoms with E-state index in [1.807, 2.05) is 0 Å². The van der Waals surface area contributed by atoms with Crippen molar-refractivity contribution in [2.24, 2.45) is 14.1 Å². The van der Waals surface area contributed by atoms with Crippen molar-refractivity contribution in [2.45, 2.75) is 11.4 Å². The van der Waals surface area contributed by atoms with Gasteiger partial charge in [-0.1, -0.05) is 0 Å². The number of halogens is 1. The van der Waals surface area contributed by atoms with Gasteiger partial charge in [-0.3, -0.25) is 9.13 Å². The zero-order valence-electron chi connectivity index (χ0n) is 12.3. The Morgan fingerprint density at radius 1 is 1.26 bits per heavy atom. The van der Waals surface area contributed by atoms with Gasteiger partial charge in [0.1, 0.15) is 6.26 Å². The molecule has 0 radical (unpaired) electrons. The van der Waals surface area contributed by atoms with E-state index in [2.05, 4.69) is 25.6 Å². The van der Waals surface area contributed by atoms with Crippen molar-refractivity contribution in [1.82, 2.24) is 18.8 Å². The van der Waals surface area contributed by atoms with Crippen LogP contribution in [0, 0.1) is 0 Å². The van der Waals surface area contributed by atoms with Crippen LogP contribution in [0.15, 0.2) is 43.4 Å². The lowest BCUT2D eigenvalue weighted by molar-refractivity contribution is 0.555. The molecule has 122 valence electrons. The first-order valence-corrected chi connectivity index (χ1v) is 8.80. The van der Waals surface area contributed by atoms with Crippen molar-refractivity contribution in [3.8, 4) is 0 Å². The number of oxazole rings is 1. The molecule has 0 unspecified atom stereocenters. The van der Waals surface area contributed by atoms with E-state index >= 15 is 0 Å². The molecule has 3 aromatic rings. The second-order valence-electron chi connectivity index (χ2n) is 4.98. The summed E-state index contributed by atoms with van der Waals surface area (Å²) in [5, 5.41) is 0. The number of nitrogens with zero attached hydrogens (tertiary/aromatic N) is 3. The highest BCUT2D eigenvalue weighted by Gasteiger charge is 2.21. The van der Waals surface area contributed by atoms with Gasteiger partial charge in [0.15, 0.2) is 6.39 Å². The predicted octanol–water partition coefficient (Wildman–Crippen LogP) is 1.11. The van der Waals surface area contributed by atoms with Crippen molar-refractivity contribution < 1.29 is 12.8 Å². The monoisotopic (exact) mass is 400 g/mol. The van der Waals surface area contributed by atoms with Gasteiger partial charge >= 0.3 is 5.69 Å². The molecule has 0 aliphatic heterocycles. The van der Waals surface area contributed by atoms with Crippen LogP contribution in [0.4, 0.5) is 0 Å². The minimum absolute atomic E-state index is 0.0109. The molecule has 0 saturated carbocycles. The van der Waals surface area contributed by atoms with E-state index in [9.17, 15) is 13.2 Å². The number of hydrogen-bond donors (Lipinski definition) is 1. The smallest absolute Gasteiger partial charge is 0.328 e. The summed E-state index contributed by atoms with van der Waals surface area (Å²) in [5.41, 5.74) is 1.41. The first-order valence-electron chi connectivity index (χ1n) is 6.53. The van der Waals surface area contributed by atoms with E-state index in [0.29, 0.717) is 21.2 Å². The highest BCUT2D eigenvalue weighted by Crippen LogP contribution is 2.27. The molecular weight excluding hydrogens is 388 g/mol. The molecule has 1 N–H and O–H groups in total. The summed E-state index contributed by atoms with van der Waals surface area (Å²) in [6.45, 7) is 0.0109. The van der Waals surface area contributed by atoms with Gasteiger partial charge in [0, 0.05) is 18.6 Å². The van der Waals surface area contributed by atoms with Crippen molar-refractivity contribution in [2.75, 3.05) is 0 Å². The Labute approximate surface area is 139 Å². The molecular formula is C13H13BrN4O4S. The van der Waals surface area contributed by atoms with E-state index in [1.165, 1.54) is 27.9 Å². The lowest BCUT2D eigenvalue weighted by atomic mass is 10.3. The summed E-state index contributed by atoms with van der Waals surface area (Å²) in [7, 11) is -0.554. The van der Waals surface area contributed by atoms with Crippen LogP contribution in [-0.2, 0) is 30.7 Å². The second-order valence-corrected chi connectivity index (χ2v) is 7.57. The predicted molar refractivity (Wildman–Crippen MR) is 86.4 cm³/mol. The Hall–Kier alpha value is -1.91. The normalized spacial score (nSPS) is 12.1. The van der Waals surface area contributed by atoms with Gasteiger partial charge in [-0.15, -0.1) is 0 Å². The van der Waals surface area contributed by atoms with Crippen molar-refractivity contribution in [1.29, 1.82) is 0 Å². The summed E-state index contributed by atoms with van der Waals surface area (Å²) in [5.74, 6) is 0. The molecule has 0 bridgehead atoms. The number of hydrogen-bond acceptors (Lipinski definition) is 5. The summed E-state index contributed by atoms with van der Waals surface area (Å²) in [6, 6.07) is 3.08. The van der Waals surface area contributed by atoms with Gasteiger partial charge in [0.25, 0.3) is 0 Å². The molecule has 0 fully saturated rings.